The van der Waals surface area contributed by atoms with Gasteiger partial charge in [0.05, 0.1) is 12.3 Å². The molecule has 0 saturated carbocycles. The molecule has 2 aromatic carbocycles. The molecule has 0 spiro atoms. The Kier molecular flexibility index (Phi) is 4.35. The van der Waals surface area contributed by atoms with Gasteiger partial charge in [0.1, 0.15) is 5.75 Å². The highest BCUT2D eigenvalue weighted by molar-refractivity contribution is 5.60. The first kappa shape index (κ1) is 15.2. The van der Waals surface area contributed by atoms with Crippen molar-refractivity contribution >= 4 is 11.4 Å². The molecular formula is C16H21N3O2. The summed E-state index contributed by atoms with van der Waals surface area (Å²) in [6.45, 7) is 1.52. The first-order valence-corrected chi connectivity index (χ1v) is 6.75. The summed E-state index contributed by atoms with van der Waals surface area (Å²) in [6.07, 6.45) is 0. The van der Waals surface area contributed by atoms with E-state index in [0.717, 1.165) is 5.56 Å². The third-order valence-electron chi connectivity index (χ3n) is 3.56. The normalized spacial score (nSPS) is 15.2. The zero-order valence-electron chi connectivity index (χ0n) is 12.0. The third-order valence-corrected chi connectivity index (χ3v) is 3.56. The number of nitrogen functional groups attached to an aromatic ring is 2. The van der Waals surface area contributed by atoms with E-state index in [1.54, 1.807) is 25.1 Å². The Balaban J connectivity index is 2.46. The molecule has 0 aliphatic heterocycles. The second-order valence-electron chi connectivity index (χ2n) is 5.10. The van der Waals surface area contributed by atoms with Crippen LogP contribution in [0.25, 0.3) is 0 Å². The molecule has 0 radical (unpaired) electrons. The minimum atomic E-state index is -1.06. The van der Waals surface area contributed by atoms with Gasteiger partial charge < -0.3 is 27.0 Å². The van der Waals surface area contributed by atoms with Crippen LogP contribution in [0.2, 0.25) is 0 Å². The van der Waals surface area contributed by atoms with Gasteiger partial charge >= 0.3 is 0 Å². The maximum Gasteiger partial charge on any atom is 0.172 e. The molecule has 21 heavy (non-hydrogen) atoms. The summed E-state index contributed by atoms with van der Waals surface area (Å²) in [5.74, 6) is 0.444. The van der Waals surface area contributed by atoms with Gasteiger partial charge in [-0.2, -0.15) is 0 Å². The number of aliphatic hydroxyl groups excluding tert-OH is 1. The molecule has 0 aromatic heterocycles. The SMILES string of the molecule is CC(N)C(CO)(Oc1ccc(N)cc1N)c1ccccc1. The van der Waals surface area contributed by atoms with Crippen molar-refractivity contribution in [2.45, 2.75) is 18.6 Å². The lowest BCUT2D eigenvalue weighted by atomic mass is 9.88. The summed E-state index contributed by atoms with van der Waals surface area (Å²) in [5.41, 5.74) is 18.4. The number of nitrogens with two attached hydrogens (primary N) is 3. The van der Waals surface area contributed by atoms with Crippen LogP contribution in [-0.4, -0.2) is 17.8 Å². The number of anilines is 2. The lowest BCUT2D eigenvalue weighted by Crippen LogP contribution is -2.51. The molecular weight excluding hydrogens is 266 g/mol. The first-order valence-electron chi connectivity index (χ1n) is 6.75. The predicted octanol–water partition coefficient (Wildman–Crippen LogP) is 1.46. The lowest BCUT2D eigenvalue weighted by molar-refractivity contribution is -0.0116. The predicted molar refractivity (Wildman–Crippen MR) is 84.8 cm³/mol. The van der Waals surface area contributed by atoms with Crippen LogP contribution in [-0.2, 0) is 5.60 Å². The second-order valence-corrected chi connectivity index (χ2v) is 5.10. The maximum atomic E-state index is 9.94. The van der Waals surface area contributed by atoms with Crippen molar-refractivity contribution in [3.63, 3.8) is 0 Å². The van der Waals surface area contributed by atoms with Gasteiger partial charge in [-0.15, -0.1) is 0 Å². The molecule has 0 heterocycles. The third kappa shape index (κ3) is 2.94. The van der Waals surface area contributed by atoms with Crippen LogP contribution in [0.1, 0.15) is 12.5 Å². The summed E-state index contributed by atoms with van der Waals surface area (Å²) in [4.78, 5) is 0. The van der Waals surface area contributed by atoms with E-state index >= 15 is 0 Å². The fourth-order valence-electron chi connectivity index (χ4n) is 2.26. The van der Waals surface area contributed by atoms with Crippen LogP contribution in [0.3, 0.4) is 0 Å². The van der Waals surface area contributed by atoms with E-state index < -0.39 is 11.6 Å². The standard InChI is InChI=1S/C16H21N3O2/c1-11(17)16(10-20,12-5-3-2-4-6-12)21-15-8-7-13(18)9-14(15)19/h2-9,11,20H,10,17-19H2,1H3. The largest absolute Gasteiger partial charge is 0.476 e. The molecule has 0 aliphatic rings. The zero-order valence-corrected chi connectivity index (χ0v) is 12.0. The van der Waals surface area contributed by atoms with E-state index in [1.165, 1.54) is 0 Å². The van der Waals surface area contributed by atoms with Crippen LogP contribution >= 0.6 is 0 Å². The average molecular weight is 287 g/mol. The lowest BCUT2D eigenvalue weighted by Gasteiger charge is -2.37. The Labute approximate surface area is 124 Å². The van der Waals surface area contributed by atoms with Crippen LogP contribution in [0.15, 0.2) is 48.5 Å². The molecule has 112 valence electrons. The highest BCUT2D eigenvalue weighted by atomic mass is 16.5. The molecule has 2 atom stereocenters. The molecule has 7 N–H and O–H groups in total. The Morgan fingerprint density at radius 1 is 1.14 bits per heavy atom. The molecule has 0 fully saturated rings. The van der Waals surface area contributed by atoms with Gasteiger partial charge in [-0.3, -0.25) is 0 Å². The van der Waals surface area contributed by atoms with E-state index in [9.17, 15) is 5.11 Å². The van der Waals surface area contributed by atoms with Crippen molar-refractivity contribution in [3.8, 4) is 5.75 Å². The molecule has 2 rings (SSSR count). The van der Waals surface area contributed by atoms with Crippen molar-refractivity contribution in [2.75, 3.05) is 18.1 Å². The summed E-state index contributed by atoms with van der Waals surface area (Å²) in [6, 6.07) is 13.9. The number of ether oxygens (including phenoxy) is 1. The Hall–Kier alpha value is -2.24. The smallest absolute Gasteiger partial charge is 0.172 e. The number of hydrogen-bond acceptors (Lipinski definition) is 5. The van der Waals surface area contributed by atoms with Gasteiger partial charge in [0.15, 0.2) is 5.60 Å². The van der Waals surface area contributed by atoms with Gasteiger partial charge in [0.2, 0.25) is 0 Å². The van der Waals surface area contributed by atoms with Gasteiger partial charge in [-0.25, -0.2) is 0 Å². The molecule has 0 bridgehead atoms. The summed E-state index contributed by atoms with van der Waals surface area (Å²) in [7, 11) is 0. The fourth-order valence-corrected chi connectivity index (χ4v) is 2.26. The number of benzene rings is 2. The highest BCUT2D eigenvalue weighted by Crippen LogP contribution is 2.34. The number of hydrogen-bond donors (Lipinski definition) is 4. The molecule has 5 heteroatoms. The van der Waals surface area contributed by atoms with Crippen LogP contribution in [0.5, 0.6) is 5.75 Å². The minimum Gasteiger partial charge on any atom is -0.476 e. The van der Waals surface area contributed by atoms with Gasteiger partial charge in [0.25, 0.3) is 0 Å². The van der Waals surface area contributed by atoms with Crippen molar-refractivity contribution < 1.29 is 9.84 Å². The average Bonchev–Trinajstić information content (AvgIpc) is 2.47. The summed E-state index contributed by atoms with van der Waals surface area (Å²) >= 11 is 0. The molecule has 0 aliphatic carbocycles. The topological polar surface area (TPSA) is 108 Å². The molecule has 2 aromatic rings. The van der Waals surface area contributed by atoms with Gasteiger partial charge in [-0.05, 0) is 30.7 Å². The van der Waals surface area contributed by atoms with Crippen LogP contribution in [0.4, 0.5) is 11.4 Å². The maximum absolute atomic E-state index is 9.94. The van der Waals surface area contributed by atoms with Crippen molar-refractivity contribution in [2.24, 2.45) is 5.73 Å². The quantitative estimate of drug-likeness (QED) is 0.623. The zero-order chi connectivity index (χ0) is 15.5. The van der Waals surface area contributed by atoms with Crippen molar-refractivity contribution in [3.05, 3.63) is 54.1 Å². The van der Waals surface area contributed by atoms with E-state index in [2.05, 4.69) is 0 Å². The minimum absolute atomic E-state index is 0.265. The Bertz CT molecular complexity index is 602. The van der Waals surface area contributed by atoms with E-state index in [4.69, 9.17) is 21.9 Å². The van der Waals surface area contributed by atoms with Gasteiger partial charge in [-0.1, -0.05) is 30.3 Å². The second kappa shape index (κ2) is 6.03. The summed E-state index contributed by atoms with van der Waals surface area (Å²) in [5, 5.41) is 9.94. The molecule has 0 amide bonds. The first-order chi connectivity index (χ1) is 9.99. The van der Waals surface area contributed by atoms with Crippen molar-refractivity contribution in [1.82, 2.24) is 0 Å². The molecule has 0 saturated heterocycles. The number of aliphatic hydroxyl groups is 1. The monoisotopic (exact) mass is 287 g/mol. The van der Waals surface area contributed by atoms with E-state index in [-0.39, 0.29) is 6.61 Å². The number of rotatable bonds is 5. The van der Waals surface area contributed by atoms with E-state index in [1.807, 2.05) is 30.3 Å². The van der Waals surface area contributed by atoms with Crippen LogP contribution in [0, 0.1) is 0 Å². The van der Waals surface area contributed by atoms with Crippen molar-refractivity contribution in [1.29, 1.82) is 0 Å². The van der Waals surface area contributed by atoms with Gasteiger partial charge in [0, 0.05) is 11.7 Å². The highest BCUT2D eigenvalue weighted by Gasteiger charge is 2.38. The summed E-state index contributed by atoms with van der Waals surface area (Å²) < 4.78 is 6.03. The molecule has 2 unspecified atom stereocenters. The van der Waals surface area contributed by atoms with E-state index in [0.29, 0.717) is 17.1 Å². The van der Waals surface area contributed by atoms with Crippen LogP contribution < -0.4 is 21.9 Å². The fraction of sp³-hybridized carbons (Fsp3) is 0.250. The Morgan fingerprint density at radius 2 is 1.81 bits per heavy atom. The Morgan fingerprint density at radius 3 is 2.33 bits per heavy atom. The molecule has 5 nitrogen and oxygen atoms in total.